The van der Waals surface area contributed by atoms with Crippen LogP contribution in [-0.2, 0) is 6.54 Å². The average Bonchev–Trinajstić information content (AvgIpc) is 2.61. The van der Waals surface area contributed by atoms with Gasteiger partial charge in [-0.25, -0.2) is 0 Å². The molecule has 0 radical (unpaired) electrons. The van der Waals surface area contributed by atoms with Crippen molar-refractivity contribution in [2.75, 3.05) is 6.61 Å². The van der Waals surface area contributed by atoms with Crippen LogP contribution in [0.5, 0.6) is 11.6 Å². The maximum Gasteiger partial charge on any atom is 0.271 e. The lowest BCUT2D eigenvalue weighted by atomic mass is 9.97. The summed E-state index contributed by atoms with van der Waals surface area (Å²) >= 11 is 0. The molecule has 25 heavy (non-hydrogen) atoms. The van der Waals surface area contributed by atoms with E-state index >= 15 is 0 Å². The summed E-state index contributed by atoms with van der Waals surface area (Å²) in [5, 5.41) is 19.6. The Morgan fingerprint density at radius 2 is 1.92 bits per heavy atom. The highest BCUT2D eigenvalue weighted by atomic mass is 16.5. The van der Waals surface area contributed by atoms with Gasteiger partial charge in [-0.15, -0.1) is 0 Å². The van der Waals surface area contributed by atoms with Gasteiger partial charge in [-0.2, -0.15) is 5.26 Å². The summed E-state index contributed by atoms with van der Waals surface area (Å²) in [4.78, 5) is 25.0. The molecule has 0 aliphatic carbocycles. The SMILES string of the molecule is CCCOc1ccc(C(=O)c2c(C)c(C#N)c(=O)n(CC)c2O)cc1. The molecule has 0 aliphatic heterocycles. The number of carbonyl (C=O) groups is 1. The van der Waals surface area contributed by atoms with Gasteiger partial charge in [0.1, 0.15) is 17.4 Å². The molecule has 1 heterocycles. The number of carbonyl (C=O) groups excluding carboxylic acids is 1. The van der Waals surface area contributed by atoms with E-state index in [1.54, 1.807) is 31.2 Å². The number of hydrogen-bond donors (Lipinski definition) is 1. The van der Waals surface area contributed by atoms with Gasteiger partial charge in [0.15, 0.2) is 5.78 Å². The summed E-state index contributed by atoms with van der Waals surface area (Å²) in [5.41, 5.74) is -0.232. The predicted octanol–water partition coefficient (Wildman–Crippen LogP) is 2.77. The van der Waals surface area contributed by atoms with E-state index < -0.39 is 17.2 Å². The van der Waals surface area contributed by atoms with Crippen molar-refractivity contribution in [3.8, 4) is 17.7 Å². The lowest BCUT2D eigenvalue weighted by Gasteiger charge is -2.14. The average molecular weight is 340 g/mol. The van der Waals surface area contributed by atoms with Gasteiger partial charge >= 0.3 is 0 Å². The molecule has 6 nitrogen and oxygen atoms in total. The standard InChI is InChI=1S/C19H20N2O4/c1-4-10-25-14-8-6-13(7-9-14)17(22)16-12(3)15(11-20)18(23)21(5-2)19(16)24/h6-9,24H,4-5,10H2,1-3H3. The van der Waals surface area contributed by atoms with Crippen LogP contribution in [0.4, 0.5) is 0 Å². The van der Waals surface area contributed by atoms with Crippen LogP contribution in [0.15, 0.2) is 29.1 Å². The van der Waals surface area contributed by atoms with Crippen molar-refractivity contribution in [1.82, 2.24) is 4.57 Å². The Morgan fingerprint density at radius 3 is 2.44 bits per heavy atom. The van der Waals surface area contributed by atoms with Gasteiger partial charge < -0.3 is 9.84 Å². The number of rotatable bonds is 6. The molecule has 6 heteroatoms. The Bertz CT molecular complexity index is 890. The monoisotopic (exact) mass is 340 g/mol. The molecule has 1 N–H and O–H groups in total. The number of ether oxygens (including phenoxy) is 1. The van der Waals surface area contributed by atoms with E-state index in [4.69, 9.17) is 4.74 Å². The van der Waals surface area contributed by atoms with Gasteiger partial charge in [-0.05, 0) is 50.1 Å². The fourth-order valence-electron chi connectivity index (χ4n) is 2.58. The normalized spacial score (nSPS) is 10.3. The van der Waals surface area contributed by atoms with Crippen molar-refractivity contribution < 1.29 is 14.6 Å². The fourth-order valence-corrected chi connectivity index (χ4v) is 2.58. The Morgan fingerprint density at radius 1 is 1.28 bits per heavy atom. The predicted molar refractivity (Wildman–Crippen MR) is 93.2 cm³/mol. The Balaban J connectivity index is 2.53. The second-order valence-corrected chi connectivity index (χ2v) is 5.56. The first kappa shape index (κ1) is 18.3. The molecule has 1 aromatic carbocycles. The number of pyridine rings is 1. The third-order valence-electron chi connectivity index (χ3n) is 3.93. The first-order chi connectivity index (χ1) is 12.0. The summed E-state index contributed by atoms with van der Waals surface area (Å²) in [6.07, 6.45) is 0.878. The number of benzene rings is 1. The maximum absolute atomic E-state index is 12.8. The maximum atomic E-state index is 12.8. The number of aromatic hydroxyl groups is 1. The van der Waals surface area contributed by atoms with E-state index in [1.165, 1.54) is 6.92 Å². The zero-order chi connectivity index (χ0) is 18.6. The smallest absolute Gasteiger partial charge is 0.271 e. The van der Waals surface area contributed by atoms with E-state index in [1.807, 2.05) is 13.0 Å². The first-order valence-corrected chi connectivity index (χ1v) is 8.10. The van der Waals surface area contributed by atoms with Crippen molar-refractivity contribution in [3.05, 3.63) is 56.9 Å². The number of nitriles is 1. The molecular weight excluding hydrogens is 320 g/mol. The molecule has 2 rings (SSSR count). The topological polar surface area (TPSA) is 92.3 Å². The lowest BCUT2D eigenvalue weighted by molar-refractivity contribution is 0.103. The summed E-state index contributed by atoms with van der Waals surface area (Å²) < 4.78 is 6.51. The molecule has 2 aromatic rings. The molecule has 0 aliphatic rings. The molecule has 0 saturated carbocycles. The van der Waals surface area contributed by atoms with Crippen LogP contribution >= 0.6 is 0 Å². The first-order valence-electron chi connectivity index (χ1n) is 8.10. The Kier molecular flexibility index (Phi) is 5.60. The van der Waals surface area contributed by atoms with Crippen LogP contribution < -0.4 is 10.3 Å². The van der Waals surface area contributed by atoms with E-state index in [0.717, 1.165) is 11.0 Å². The fraction of sp³-hybridized carbons (Fsp3) is 0.316. The van der Waals surface area contributed by atoms with Gasteiger partial charge in [0.25, 0.3) is 5.56 Å². The highest BCUT2D eigenvalue weighted by Crippen LogP contribution is 2.25. The molecule has 130 valence electrons. The van der Waals surface area contributed by atoms with E-state index in [-0.39, 0.29) is 23.2 Å². The van der Waals surface area contributed by atoms with Crippen LogP contribution in [0.2, 0.25) is 0 Å². The number of nitrogens with zero attached hydrogens (tertiary/aromatic N) is 2. The molecule has 0 bridgehead atoms. The van der Waals surface area contributed by atoms with Gasteiger partial charge in [0, 0.05) is 12.1 Å². The molecule has 1 aromatic heterocycles. The molecule has 0 fully saturated rings. The largest absolute Gasteiger partial charge is 0.494 e. The lowest BCUT2D eigenvalue weighted by Crippen LogP contribution is -2.26. The number of ketones is 1. The van der Waals surface area contributed by atoms with Crippen molar-refractivity contribution in [1.29, 1.82) is 5.26 Å². The molecule has 0 atom stereocenters. The number of aromatic nitrogens is 1. The van der Waals surface area contributed by atoms with Crippen molar-refractivity contribution in [3.63, 3.8) is 0 Å². The molecular formula is C19H20N2O4. The third kappa shape index (κ3) is 3.41. The van der Waals surface area contributed by atoms with Gasteiger partial charge in [0.05, 0.1) is 12.2 Å². The Labute approximate surface area is 145 Å². The number of hydrogen-bond acceptors (Lipinski definition) is 5. The van der Waals surface area contributed by atoms with Crippen LogP contribution in [0.25, 0.3) is 0 Å². The molecule has 0 unspecified atom stereocenters. The van der Waals surface area contributed by atoms with Crippen LogP contribution in [-0.4, -0.2) is 22.1 Å². The minimum absolute atomic E-state index is 0.0276. The van der Waals surface area contributed by atoms with E-state index in [0.29, 0.717) is 17.9 Å². The summed E-state index contributed by atoms with van der Waals surface area (Å²) in [7, 11) is 0. The quantitative estimate of drug-likeness (QED) is 0.816. The summed E-state index contributed by atoms with van der Waals surface area (Å²) in [5.74, 6) is -0.216. The van der Waals surface area contributed by atoms with Crippen molar-refractivity contribution in [2.24, 2.45) is 0 Å². The Hall–Kier alpha value is -3.07. The zero-order valence-corrected chi connectivity index (χ0v) is 14.5. The van der Waals surface area contributed by atoms with Gasteiger partial charge in [-0.3, -0.25) is 14.2 Å². The van der Waals surface area contributed by atoms with Gasteiger partial charge in [-0.1, -0.05) is 6.92 Å². The zero-order valence-electron chi connectivity index (χ0n) is 14.5. The highest BCUT2D eigenvalue weighted by molar-refractivity contribution is 6.11. The second-order valence-electron chi connectivity index (χ2n) is 5.56. The van der Waals surface area contributed by atoms with Crippen molar-refractivity contribution in [2.45, 2.75) is 33.7 Å². The van der Waals surface area contributed by atoms with Crippen LogP contribution in [0.1, 0.15) is 47.3 Å². The molecule has 0 saturated heterocycles. The summed E-state index contributed by atoms with van der Waals surface area (Å²) in [6.45, 7) is 5.89. The summed E-state index contributed by atoms with van der Waals surface area (Å²) in [6, 6.07) is 8.38. The van der Waals surface area contributed by atoms with Gasteiger partial charge in [0.2, 0.25) is 5.88 Å². The highest BCUT2D eigenvalue weighted by Gasteiger charge is 2.24. The third-order valence-corrected chi connectivity index (χ3v) is 3.93. The van der Waals surface area contributed by atoms with Crippen molar-refractivity contribution >= 4 is 5.78 Å². The van der Waals surface area contributed by atoms with Crippen LogP contribution in [0.3, 0.4) is 0 Å². The van der Waals surface area contributed by atoms with E-state index in [9.17, 15) is 20.0 Å². The van der Waals surface area contributed by atoms with E-state index in [2.05, 4.69) is 0 Å². The minimum atomic E-state index is -0.597. The molecule has 0 amide bonds. The minimum Gasteiger partial charge on any atom is -0.494 e. The second kappa shape index (κ2) is 7.67. The van der Waals surface area contributed by atoms with Crippen LogP contribution in [0, 0.1) is 18.3 Å². The molecule has 0 spiro atoms.